The third-order valence-electron chi connectivity index (χ3n) is 2.29. The summed E-state index contributed by atoms with van der Waals surface area (Å²) in [5, 5.41) is 8.79. The Morgan fingerprint density at radius 3 is 2.69 bits per heavy atom. The second-order valence-corrected chi connectivity index (χ2v) is 3.76. The molecule has 0 atom stereocenters. The van der Waals surface area contributed by atoms with E-state index in [2.05, 4.69) is 15.2 Å². The van der Waals surface area contributed by atoms with E-state index in [4.69, 9.17) is 11.6 Å². The Labute approximate surface area is 96.5 Å². The monoisotopic (exact) mass is 230 g/mol. The zero-order valence-electron chi connectivity index (χ0n) is 8.21. The lowest BCUT2D eigenvalue weighted by Crippen LogP contribution is -1.89. The van der Waals surface area contributed by atoms with Gasteiger partial charge in [0.2, 0.25) is 0 Å². The number of fused-ring (bicyclic) bond motifs is 1. The largest absolute Gasteiger partial charge is 0.266 e. The molecular formula is C11H7ClN4. The first-order valence-corrected chi connectivity index (χ1v) is 5.14. The topological polar surface area (TPSA) is 43.1 Å². The smallest absolute Gasteiger partial charge is 0.255 e. The molecule has 3 aromatic rings. The lowest BCUT2D eigenvalue weighted by atomic mass is 10.2. The van der Waals surface area contributed by atoms with Crippen LogP contribution in [0.15, 0.2) is 42.7 Å². The van der Waals surface area contributed by atoms with E-state index in [0.29, 0.717) is 10.8 Å². The van der Waals surface area contributed by atoms with Crippen molar-refractivity contribution in [2.75, 3.05) is 0 Å². The molecule has 16 heavy (non-hydrogen) atoms. The molecule has 0 saturated carbocycles. The molecule has 2 heterocycles. The third-order valence-corrected chi connectivity index (χ3v) is 2.54. The minimum Gasteiger partial charge on any atom is -0.266 e. The van der Waals surface area contributed by atoms with Gasteiger partial charge in [-0.1, -0.05) is 11.6 Å². The van der Waals surface area contributed by atoms with E-state index in [0.717, 1.165) is 11.4 Å². The van der Waals surface area contributed by atoms with Crippen LogP contribution in [0.5, 0.6) is 0 Å². The van der Waals surface area contributed by atoms with Crippen molar-refractivity contribution in [3.63, 3.8) is 0 Å². The maximum atomic E-state index is 5.84. The lowest BCUT2D eigenvalue weighted by molar-refractivity contribution is 1.10. The van der Waals surface area contributed by atoms with Crippen LogP contribution in [0.1, 0.15) is 0 Å². The molecule has 0 aliphatic heterocycles. The maximum absolute atomic E-state index is 5.84. The number of hydrogen-bond acceptors (Lipinski definition) is 3. The molecule has 0 bridgehead atoms. The molecule has 0 unspecified atom stereocenters. The Bertz CT molecular complexity index is 630. The van der Waals surface area contributed by atoms with Crippen molar-refractivity contribution in [1.29, 1.82) is 0 Å². The van der Waals surface area contributed by atoms with Gasteiger partial charge in [0.05, 0.1) is 0 Å². The zero-order chi connectivity index (χ0) is 11.0. The molecule has 4 nitrogen and oxygen atoms in total. The molecule has 1 aromatic carbocycles. The predicted octanol–water partition coefficient (Wildman–Crippen LogP) is 2.44. The van der Waals surface area contributed by atoms with Gasteiger partial charge >= 0.3 is 0 Å². The molecule has 0 fully saturated rings. The highest BCUT2D eigenvalue weighted by molar-refractivity contribution is 6.30. The summed E-state index contributed by atoms with van der Waals surface area (Å²) < 4.78 is 1.84. The Morgan fingerprint density at radius 2 is 1.88 bits per heavy atom. The van der Waals surface area contributed by atoms with Gasteiger partial charge in [-0.15, -0.1) is 10.2 Å². The molecule has 0 saturated heterocycles. The van der Waals surface area contributed by atoms with Crippen molar-refractivity contribution in [1.82, 2.24) is 19.6 Å². The van der Waals surface area contributed by atoms with Gasteiger partial charge in [0.15, 0.2) is 5.82 Å². The molecule has 78 valence electrons. The van der Waals surface area contributed by atoms with Crippen LogP contribution in [0.25, 0.3) is 17.2 Å². The zero-order valence-corrected chi connectivity index (χ0v) is 8.96. The van der Waals surface area contributed by atoms with E-state index in [1.54, 1.807) is 6.20 Å². The van der Waals surface area contributed by atoms with E-state index >= 15 is 0 Å². The van der Waals surface area contributed by atoms with Gasteiger partial charge in [-0.3, -0.25) is 4.40 Å². The van der Waals surface area contributed by atoms with E-state index < -0.39 is 0 Å². The predicted molar refractivity (Wildman–Crippen MR) is 61.2 cm³/mol. The van der Waals surface area contributed by atoms with Crippen molar-refractivity contribution in [2.45, 2.75) is 0 Å². The summed E-state index contributed by atoms with van der Waals surface area (Å²) in [5.74, 6) is 1.35. The number of nitrogens with zero attached hydrogens (tertiary/aromatic N) is 4. The molecule has 2 aromatic heterocycles. The highest BCUT2D eigenvalue weighted by Crippen LogP contribution is 2.19. The number of benzene rings is 1. The molecular weight excluding hydrogens is 224 g/mol. The average molecular weight is 231 g/mol. The van der Waals surface area contributed by atoms with Crippen LogP contribution >= 0.6 is 11.6 Å². The van der Waals surface area contributed by atoms with Crippen LogP contribution in [0.4, 0.5) is 0 Å². The second kappa shape index (κ2) is 3.57. The van der Waals surface area contributed by atoms with E-state index in [1.165, 1.54) is 0 Å². The number of hydrogen-bond donors (Lipinski definition) is 0. The molecule has 0 N–H and O–H groups in total. The minimum atomic E-state index is 0.590. The Kier molecular flexibility index (Phi) is 2.08. The highest BCUT2D eigenvalue weighted by Gasteiger charge is 2.07. The van der Waals surface area contributed by atoms with Crippen LogP contribution in [0.2, 0.25) is 5.02 Å². The van der Waals surface area contributed by atoms with Crippen LogP contribution in [-0.2, 0) is 0 Å². The molecule has 0 radical (unpaired) electrons. The van der Waals surface area contributed by atoms with Gasteiger partial charge in [-0.05, 0) is 30.3 Å². The van der Waals surface area contributed by atoms with Gasteiger partial charge in [-0.25, -0.2) is 4.98 Å². The summed E-state index contributed by atoms with van der Waals surface area (Å²) in [4.78, 5) is 4.11. The molecule has 0 amide bonds. The van der Waals surface area contributed by atoms with E-state index in [-0.39, 0.29) is 0 Å². The Hall–Kier alpha value is -1.94. The molecule has 0 aliphatic rings. The first-order valence-electron chi connectivity index (χ1n) is 4.76. The number of halogens is 1. The SMILES string of the molecule is Clc1ccc(-c2nnc3ncccn23)cc1. The highest BCUT2D eigenvalue weighted by atomic mass is 35.5. The lowest BCUT2D eigenvalue weighted by Gasteiger charge is -1.98. The Morgan fingerprint density at radius 1 is 1.06 bits per heavy atom. The molecule has 0 spiro atoms. The Balaban J connectivity index is 2.22. The quantitative estimate of drug-likeness (QED) is 0.645. The molecule has 5 heteroatoms. The van der Waals surface area contributed by atoms with Crippen molar-refractivity contribution in [2.24, 2.45) is 0 Å². The van der Waals surface area contributed by atoms with Crippen molar-refractivity contribution >= 4 is 17.4 Å². The summed E-state index contributed by atoms with van der Waals surface area (Å²) in [5.41, 5.74) is 0.963. The fraction of sp³-hybridized carbons (Fsp3) is 0. The summed E-state index contributed by atoms with van der Waals surface area (Å²) in [6, 6.07) is 9.32. The fourth-order valence-electron chi connectivity index (χ4n) is 1.54. The summed E-state index contributed by atoms with van der Waals surface area (Å²) in [6.07, 6.45) is 3.57. The van der Waals surface area contributed by atoms with E-state index in [1.807, 2.05) is 40.9 Å². The number of rotatable bonds is 1. The minimum absolute atomic E-state index is 0.590. The van der Waals surface area contributed by atoms with Crippen molar-refractivity contribution in [3.05, 3.63) is 47.7 Å². The van der Waals surface area contributed by atoms with Crippen LogP contribution in [0, 0.1) is 0 Å². The molecule has 3 rings (SSSR count). The average Bonchev–Trinajstić information content (AvgIpc) is 2.74. The fourth-order valence-corrected chi connectivity index (χ4v) is 1.66. The first-order chi connectivity index (χ1) is 7.84. The van der Waals surface area contributed by atoms with Crippen LogP contribution in [0.3, 0.4) is 0 Å². The summed E-state index contributed by atoms with van der Waals surface area (Å²) >= 11 is 5.84. The standard InChI is InChI=1S/C11H7ClN4/c12-9-4-2-8(3-5-9)10-14-15-11-13-6-1-7-16(10)11/h1-7H. The van der Waals surface area contributed by atoms with Crippen molar-refractivity contribution in [3.8, 4) is 11.4 Å². The number of aromatic nitrogens is 4. The maximum Gasteiger partial charge on any atom is 0.255 e. The van der Waals surface area contributed by atoms with Crippen LogP contribution < -0.4 is 0 Å². The molecule has 0 aliphatic carbocycles. The summed E-state index contributed by atoms with van der Waals surface area (Å²) in [7, 11) is 0. The third kappa shape index (κ3) is 1.44. The normalized spacial score (nSPS) is 10.8. The van der Waals surface area contributed by atoms with Gasteiger partial charge < -0.3 is 0 Å². The van der Waals surface area contributed by atoms with Gasteiger partial charge in [0.25, 0.3) is 5.78 Å². The summed E-state index contributed by atoms with van der Waals surface area (Å²) in [6.45, 7) is 0. The van der Waals surface area contributed by atoms with Gasteiger partial charge in [0, 0.05) is 23.0 Å². The second-order valence-electron chi connectivity index (χ2n) is 3.32. The van der Waals surface area contributed by atoms with E-state index in [9.17, 15) is 0 Å². The van der Waals surface area contributed by atoms with Crippen molar-refractivity contribution < 1.29 is 0 Å². The van der Waals surface area contributed by atoms with Crippen LogP contribution in [-0.4, -0.2) is 19.6 Å². The van der Waals surface area contributed by atoms with Gasteiger partial charge in [0.1, 0.15) is 0 Å². The van der Waals surface area contributed by atoms with Gasteiger partial charge in [-0.2, -0.15) is 0 Å². The first kappa shape index (κ1) is 9.30.